The number of rotatable bonds is 15. The van der Waals surface area contributed by atoms with Crippen molar-refractivity contribution in [1.29, 1.82) is 0 Å². The van der Waals surface area contributed by atoms with Gasteiger partial charge in [0.1, 0.15) is 11.8 Å². The molecule has 9 rings (SSSR count). The van der Waals surface area contributed by atoms with Crippen LogP contribution >= 0.6 is 11.3 Å². The van der Waals surface area contributed by atoms with E-state index >= 15 is 0 Å². The van der Waals surface area contributed by atoms with Crippen LogP contribution in [0.1, 0.15) is 68.9 Å². The molecule has 3 aromatic heterocycles. The van der Waals surface area contributed by atoms with Gasteiger partial charge in [-0.1, -0.05) is 18.2 Å². The van der Waals surface area contributed by atoms with Gasteiger partial charge in [0, 0.05) is 68.7 Å². The molecule has 21 heteroatoms. The Morgan fingerprint density at radius 2 is 1.69 bits per heavy atom. The summed E-state index contributed by atoms with van der Waals surface area (Å²) in [5.41, 5.74) is 3.78. The third-order valence-electron chi connectivity index (χ3n) is 12.3. The summed E-state index contributed by atoms with van der Waals surface area (Å²) in [6, 6.07) is 16.7. The standard InChI is InChI=1S/C46H45N9O10S2/c1-67(63,64)54-16-11-31(26-54)40(58)48-25-39(57)51-45-49-35(27-66-45)30-5-2-4-28(22-30)29-10-14-47-37(23-29)46(12-13-46)44(62)53-19-17-52(18-20-53)15-3-21-65-32-6-7-33-34(24-32)43(61)55(42(33)60)36-8-9-38(56)50-41(36)59/h2,4-7,10-11,14,16,22-24,26-27,36H,3,8-9,12-13,15,17-21,25H2,1H3,(H,48,58)(H,49,51,57)(H,50,56,59). The fourth-order valence-electron chi connectivity index (χ4n) is 8.54. The number of amides is 7. The third kappa shape index (κ3) is 9.47. The molecular weight excluding hydrogens is 903 g/mol. The molecule has 1 saturated carbocycles. The highest BCUT2D eigenvalue weighted by Crippen LogP contribution is 2.49. The van der Waals surface area contributed by atoms with Crippen LogP contribution in [-0.2, 0) is 34.6 Å². The van der Waals surface area contributed by atoms with Gasteiger partial charge >= 0.3 is 0 Å². The lowest BCUT2D eigenvalue weighted by Crippen LogP contribution is -2.54. The van der Waals surface area contributed by atoms with Gasteiger partial charge in [0.25, 0.3) is 17.7 Å². The van der Waals surface area contributed by atoms with Crippen LogP contribution in [0.4, 0.5) is 5.13 Å². The van der Waals surface area contributed by atoms with E-state index < -0.39 is 56.9 Å². The second-order valence-electron chi connectivity index (χ2n) is 16.8. The number of piperidine rings is 1. The smallest absolute Gasteiger partial charge is 0.262 e. The number of anilines is 1. The topological polar surface area (TPSA) is 239 Å². The largest absolute Gasteiger partial charge is 0.494 e. The fourth-order valence-corrected chi connectivity index (χ4v) is 9.86. The van der Waals surface area contributed by atoms with Crippen LogP contribution in [-0.4, -0.2) is 137 Å². The minimum atomic E-state index is -3.54. The second kappa shape index (κ2) is 18.3. The van der Waals surface area contributed by atoms with Crippen molar-refractivity contribution in [3.63, 3.8) is 0 Å². The third-order valence-corrected chi connectivity index (χ3v) is 14.1. The molecule has 0 spiro atoms. The number of imide groups is 2. The molecule has 4 aliphatic rings. The van der Waals surface area contributed by atoms with Crippen LogP contribution in [0.25, 0.3) is 22.4 Å². The van der Waals surface area contributed by atoms with E-state index in [9.17, 15) is 42.0 Å². The molecule has 0 bridgehead atoms. The minimum absolute atomic E-state index is 0.0479. The van der Waals surface area contributed by atoms with Crippen LogP contribution in [0.2, 0.25) is 0 Å². The number of fused-ring (bicyclic) bond motifs is 1. The number of carbonyl (C=O) groups excluding carboxylic acids is 7. The van der Waals surface area contributed by atoms with Crippen molar-refractivity contribution >= 4 is 67.8 Å². The molecule has 0 radical (unpaired) electrons. The molecule has 1 aliphatic carbocycles. The first-order valence-electron chi connectivity index (χ1n) is 21.7. The summed E-state index contributed by atoms with van der Waals surface area (Å²) < 4.78 is 30.3. The van der Waals surface area contributed by atoms with Crippen LogP contribution in [0.3, 0.4) is 0 Å². The van der Waals surface area contributed by atoms with Gasteiger partial charge in [-0.25, -0.2) is 13.4 Å². The molecule has 3 fully saturated rings. The van der Waals surface area contributed by atoms with E-state index in [1.807, 2.05) is 46.7 Å². The van der Waals surface area contributed by atoms with E-state index in [-0.39, 0.29) is 42.0 Å². The van der Waals surface area contributed by atoms with Crippen molar-refractivity contribution < 1.29 is 46.7 Å². The maximum Gasteiger partial charge on any atom is 0.262 e. The van der Waals surface area contributed by atoms with Crippen molar-refractivity contribution in [1.82, 2.24) is 39.3 Å². The molecule has 1 unspecified atom stereocenters. The lowest BCUT2D eigenvalue weighted by Gasteiger charge is -2.36. The van der Waals surface area contributed by atoms with Crippen molar-refractivity contribution in [3.8, 4) is 28.1 Å². The predicted molar refractivity (Wildman–Crippen MR) is 244 cm³/mol. The SMILES string of the molecule is CS(=O)(=O)n1ccc(C(=O)NCC(=O)Nc2nc(-c3cccc(-c4ccnc(C5(C(=O)N6CCN(CCCOc7ccc8c(c7)C(=O)N(C7CCC(=O)NC7=O)C8=O)CC6)CC5)c4)c3)cs2)c1. The summed E-state index contributed by atoms with van der Waals surface area (Å²) in [6.07, 6.45) is 7.43. The summed E-state index contributed by atoms with van der Waals surface area (Å²) in [5, 5.41) is 9.52. The minimum Gasteiger partial charge on any atom is -0.494 e. The van der Waals surface area contributed by atoms with Crippen molar-refractivity contribution in [2.45, 2.75) is 43.6 Å². The van der Waals surface area contributed by atoms with E-state index in [0.29, 0.717) is 68.6 Å². The number of nitrogens with one attached hydrogen (secondary N) is 3. The van der Waals surface area contributed by atoms with Gasteiger partial charge in [0.15, 0.2) is 5.13 Å². The van der Waals surface area contributed by atoms with Crippen LogP contribution in [0.5, 0.6) is 5.75 Å². The maximum atomic E-state index is 14.1. The number of benzene rings is 2. The van der Waals surface area contributed by atoms with E-state index in [1.165, 1.54) is 41.9 Å². The number of nitrogens with zero attached hydrogens (tertiary/aromatic N) is 6. The average Bonchev–Trinajstić information content (AvgIpc) is 3.60. The normalized spacial score (nSPS) is 18.1. The van der Waals surface area contributed by atoms with Gasteiger partial charge in [0.2, 0.25) is 33.7 Å². The van der Waals surface area contributed by atoms with Crippen molar-refractivity contribution in [3.05, 3.63) is 107 Å². The van der Waals surface area contributed by atoms with Crippen LogP contribution in [0.15, 0.2) is 84.6 Å². The van der Waals surface area contributed by atoms with Gasteiger partial charge in [-0.2, -0.15) is 0 Å². The zero-order valence-electron chi connectivity index (χ0n) is 36.2. The van der Waals surface area contributed by atoms with E-state index in [0.717, 1.165) is 44.1 Å². The monoisotopic (exact) mass is 947 g/mol. The first-order valence-corrected chi connectivity index (χ1v) is 24.4. The van der Waals surface area contributed by atoms with Gasteiger partial charge in [-0.05, 0) is 79.3 Å². The average molecular weight is 948 g/mol. The molecule has 6 heterocycles. The molecule has 1 atom stereocenters. The first kappa shape index (κ1) is 45.1. The van der Waals surface area contributed by atoms with Crippen molar-refractivity contribution in [2.24, 2.45) is 0 Å². The van der Waals surface area contributed by atoms with Crippen LogP contribution in [0, 0.1) is 0 Å². The van der Waals surface area contributed by atoms with E-state index in [4.69, 9.17) is 4.74 Å². The van der Waals surface area contributed by atoms with Gasteiger partial charge in [-0.15, -0.1) is 11.3 Å². The number of hydrogen-bond acceptors (Lipinski definition) is 14. The van der Waals surface area contributed by atoms with Gasteiger partial charge in [-0.3, -0.25) is 57.6 Å². The zero-order chi connectivity index (χ0) is 47.0. The fraction of sp³-hybridized carbons (Fsp3) is 0.326. The molecule has 346 valence electrons. The Balaban J connectivity index is 0.741. The molecule has 7 amide bonds. The summed E-state index contributed by atoms with van der Waals surface area (Å²) in [7, 11) is -3.54. The Labute approximate surface area is 388 Å². The molecule has 5 aromatic rings. The second-order valence-corrected chi connectivity index (χ2v) is 19.6. The number of pyridine rings is 1. The van der Waals surface area contributed by atoms with E-state index in [1.54, 1.807) is 12.3 Å². The Kier molecular flexibility index (Phi) is 12.3. The number of piperazine rings is 1. The Morgan fingerprint density at radius 3 is 2.43 bits per heavy atom. The highest BCUT2D eigenvalue weighted by atomic mass is 32.2. The quantitative estimate of drug-likeness (QED) is 0.101. The lowest BCUT2D eigenvalue weighted by molar-refractivity contribution is -0.137. The molecule has 2 aromatic carbocycles. The molecule has 67 heavy (non-hydrogen) atoms. The van der Waals surface area contributed by atoms with Crippen LogP contribution < -0.4 is 20.7 Å². The number of aromatic nitrogens is 3. The van der Waals surface area contributed by atoms with Crippen molar-refractivity contribution in [2.75, 3.05) is 57.4 Å². The molecule has 3 aliphatic heterocycles. The Hall–Kier alpha value is -7.10. The number of hydrogen-bond donors (Lipinski definition) is 3. The number of thiazole rings is 1. The lowest BCUT2D eigenvalue weighted by atomic mass is 9.95. The summed E-state index contributed by atoms with van der Waals surface area (Å²) in [4.78, 5) is 104. The maximum absolute atomic E-state index is 14.1. The summed E-state index contributed by atoms with van der Waals surface area (Å²) in [6.45, 7) is 3.34. The molecule has 3 N–H and O–H groups in total. The highest BCUT2D eigenvalue weighted by molar-refractivity contribution is 7.89. The summed E-state index contributed by atoms with van der Waals surface area (Å²) in [5.74, 6) is -2.82. The molecule has 19 nitrogen and oxygen atoms in total. The van der Waals surface area contributed by atoms with Gasteiger partial charge in [0.05, 0.1) is 52.9 Å². The van der Waals surface area contributed by atoms with E-state index in [2.05, 4.69) is 30.8 Å². The highest BCUT2D eigenvalue weighted by Gasteiger charge is 2.54. The summed E-state index contributed by atoms with van der Waals surface area (Å²) >= 11 is 1.23. The predicted octanol–water partition coefficient (Wildman–Crippen LogP) is 2.90. The number of carbonyl (C=O) groups is 7. The first-order chi connectivity index (χ1) is 32.2. The zero-order valence-corrected chi connectivity index (χ0v) is 37.9. The van der Waals surface area contributed by atoms with Gasteiger partial charge < -0.3 is 20.3 Å². The number of ether oxygens (including phenoxy) is 1. The molecule has 2 saturated heterocycles. The molecular formula is C46H45N9O10S2. The Morgan fingerprint density at radius 1 is 0.925 bits per heavy atom. The Bertz CT molecular complexity index is 2950.